The summed E-state index contributed by atoms with van der Waals surface area (Å²) in [6, 6.07) is 8.27. The molecule has 5 N–H and O–H groups in total. The molecule has 0 aliphatic heterocycles. The molecule has 0 aliphatic rings. The highest BCUT2D eigenvalue weighted by Crippen LogP contribution is 2.43. The lowest BCUT2D eigenvalue weighted by atomic mass is 10.1. The van der Waals surface area contributed by atoms with Gasteiger partial charge in [0.2, 0.25) is 10.0 Å². The zero-order chi connectivity index (χ0) is 14.2. The molecule has 0 saturated carbocycles. The minimum Gasteiger partial charge on any atom is -0.499 e. The van der Waals surface area contributed by atoms with Crippen molar-refractivity contribution >= 4 is 27.3 Å². The number of benzene rings is 1. The molecule has 2 aromatic rings. The molecule has 0 bridgehead atoms. The molecule has 0 aliphatic carbocycles. The SMILES string of the molecule is NC(=O)c1sc(O)c(-c2ccccc2)c1S(N)(=O)=O. The van der Waals surface area contributed by atoms with E-state index in [2.05, 4.69) is 0 Å². The molecule has 100 valence electrons. The number of rotatable bonds is 3. The molecule has 6 nitrogen and oxygen atoms in total. The van der Waals surface area contributed by atoms with Crippen molar-refractivity contribution in [1.82, 2.24) is 0 Å². The molecule has 0 fully saturated rings. The minimum atomic E-state index is -4.19. The average molecular weight is 298 g/mol. The van der Waals surface area contributed by atoms with Crippen molar-refractivity contribution in [2.75, 3.05) is 0 Å². The zero-order valence-corrected chi connectivity index (χ0v) is 11.2. The van der Waals surface area contributed by atoms with Crippen molar-refractivity contribution in [1.29, 1.82) is 0 Å². The van der Waals surface area contributed by atoms with E-state index < -0.39 is 20.8 Å². The number of primary amides is 1. The van der Waals surface area contributed by atoms with E-state index in [-0.39, 0.29) is 15.5 Å². The highest BCUT2D eigenvalue weighted by atomic mass is 32.2. The number of sulfonamides is 1. The highest BCUT2D eigenvalue weighted by molar-refractivity contribution is 7.89. The lowest BCUT2D eigenvalue weighted by Gasteiger charge is -2.04. The van der Waals surface area contributed by atoms with Gasteiger partial charge in [-0.1, -0.05) is 41.7 Å². The van der Waals surface area contributed by atoms with Gasteiger partial charge in [0.05, 0.1) is 5.56 Å². The van der Waals surface area contributed by atoms with Crippen LogP contribution in [0.3, 0.4) is 0 Å². The van der Waals surface area contributed by atoms with Gasteiger partial charge in [-0.3, -0.25) is 4.79 Å². The van der Waals surface area contributed by atoms with Crippen LogP contribution >= 0.6 is 11.3 Å². The first kappa shape index (κ1) is 13.5. The van der Waals surface area contributed by atoms with E-state index in [0.717, 1.165) is 0 Å². The van der Waals surface area contributed by atoms with Crippen LogP contribution in [0.5, 0.6) is 5.06 Å². The van der Waals surface area contributed by atoms with E-state index in [1.165, 1.54) is 0 Å². The maximum Gasteiger partial charge on any atom is 0.260 e. The van der Waals surface area contributed by atoms with Crippen molar-refractivity contribution in [2.24, 2.45) is 10.9 Å². The molecule has 8 heteroatoms. The summed E-state index contributed by atoms with van der Waals surface area (Å²) in [7, 11) is -4.19. The van der Waals surface area contributed by atoms with Gasteiger partial charge in [0, 0.05) is 0 Å². The van der Waals surface area contributed by atoms with Crippen molar-refractivity contribution in [3.05, 3.63) is 35.2 Å². The Bertz CT molecular complexity index is 736. The Morgan fingerprint density at radius 3 is 2.26 bits per heavy atom. The van der Waals surface area contributed by atoms with Gasteiger partial charge < -0.3 is 10.8 Å². The third-order valence-corrected chi connectivity index (χ3v) is 4.53. The van der Waals surface area contributed by atoms with Gasteiger partial charge in [-0.05, 0) is 5.56 Å². The first-order chi connectivity index (χ1) is 8.82. The zero-order valence-electron chi connectivity index (χ0n) is 9.53. The predicted octanol–water partition coefficient (Wildman–Crippen LogP) is 0.867. The maximum atomic E-state index is 11.6. The van der Waals surface area contributed by atoms with Crippen LogP contribution in [0.15, 0.2) is 35.2 Å². The van der Waals surface area contributed by atoms with Gasteiger partial charge in [-0.2, -0.15) is 0 Å². The first-order valence-electron chi connectivity index (χ1n) is 5.06. The van der Waals surface area contributed by atoms with Crippen LogP contribution in [0, 0.1) is 0 Å². The molecule has 1 amide bonds. The monoisotopic (exact) mass is 298 g/mol. The van der Waals surface area contributed by atoms with Gasteiger partial charge >= 0.3 is 0 Å². The highest BCUT2D eigenvalue weighted by Gasteiger charge is 2.29. The Labute approximate surface area is 113 Å². The largest absolute Gasteiger partial charge is 0.499 e. The van der Waals surface area contributed by atoms with E-state index in [1.807, 2.05) is 0 Å². The second kappa shape index (κ2) is 4.65. The van der Waals surface area contributed by atoms with Crippen LogP contribution in [0.1, 0.15) is 9.67 Å². The Morgan fingerprint density at radius 2 is 1.79 bits per heavy atom. The maximum absolute atomic E-state index is 11.6. The Balaban J connectivity index is 2.86. The van der Waals surface area contributed by atoms with E-state index in [0.29, 0.717) is 16.9 Å². The molecule has 1 aromatic heterocycles. The summed E-state index contributed by atoms with van der Waals surface area (Å²) in [5, 5.41) is 14.7. The van der Waals surface area contributed by atoms with Gasteiger partial charge in [0.1, 0.15) is 9.77 Å². The van der Waals surface area contributed by atoms with E-state index in [1.54, 1.807) is 30.3 Å². The minimum absolute atomic E-state index is 0.00176. The number of nitrogens with two attached hydrogens (primary N) is 2. The van der Waals surface area contributed by atoms with E-state index >= 15 is 0 Å². The van der Waals surface area contributed by atoms with Crippen molar-refractivity contribution in [3.63, 3.8) is 0 Å². The number of primary sulfonamides is 1. The van der Waals surface area contributed by atoms with Crippen LogP contribution in [-0.2, 0) is 10.0 Å². The molecule has 0 spiro atoms. The smallest absolute Gasteiger partial charge is 0.260 e. The lowest BCUT2D eigenvalue weighted by molar-refractivity contribution is 0.100. The number of thiophene rings is 1. The lowest BCUT2D eigenvalue weighted by Crippen LogP contribution is -2.19. The van der Waals surface area contributed by atoms with Crippen LogP contribution in [0.2, 0.25) is 0 Å². The molecule has 2 rings (SSSR count). The first-order valence-corrected chi connectivity index (χ1v) is 7.42. The number of hydrogen-bond donors (Lipinski definition) is 3. The van der Waals surface area contributed by atoms with Crippen molar-refractivity contribution in [2.45, 2.75) is 4.90 Å². The van der Waals surface area contributed by atoms with Crippen LogP contribution in [-0.4, -0.2) is 19.4 Å². The third kappa shape index (κ3) is 2.46. The van der Waals surface area contributed by atoms with Gasteiger partial charge in [0.25, 0.3) is 5.91 Å². The molecule has 0 radical (unpaired) electrons. The average Bonchev–Trinajstić information content (AvgIpc) is 2.68. The number of amides is 1. The molecule has 0 atom stereocenters. The second-order valence-electron chi connectivity index (χ2n) is 3.72. The molecule has 19 heavy (non-hydrogen) atoms. The summed E-state index contributed by atoms with van der Waals surface area (Å²) in [4.78, 5) is 10.6. The summed E-state index contributed by atoms with van der Waals surface area (Å²) >= 11 is 0.593. The fourth-order valence-electron chi connectivity index (χ4n) is 1.70. The Hall–Kier alpha value is -1.90. The van der Waals surface area contributed by atoms with Gasteiger partial charge in [-0.15, -0.1) is 0 Å². The fraction of sp³-hybridized carbons (Fsp3) is 0. The molecule has 1 aromatic carbocycles. The van der Waals surface area contributed by atoms with Crippen LogP contribution in [0.25, 0.3) is 11.1 Å². The number of aromatic hydroxyl groups is 1. The molecule has 1 heterocycles. The molecule has 0 unspecified atom stereocenters. The molecular weight excluding hydrogens is 288 g/mol. The Morgan fingerprint density at radius 1 is 1.21 bits per heavy atom. The summed E-state index contributed by atoms with van der Waals surface area (Å²) in [5.41, 5.74) is 5.55. The third-order valence-electron chi connectivity index (χ3n) is 2.42. The fourth-order valence-corrected chi connectivity index (χ4v) is 3.90. The second-order valence-corrected chi connectivity index (χ2v) is 6.21. The van der Waals surface area contributed by atoms with Crippen LogP contribution < -0.4 is 10.9 Å². The van der Waals surface area contributed by atoms with Crippen LogP contribution in [0.4, 0.5) is 0 Å². The summed E-state index contributed by atoms with van der Waals surface area (Å²) in [6.07, 6.45) is 0. The van der Waals surface area contributed by atoms with Gasteiger partial charge in [-0.25, -0.2) is 13.6 Å². The molecular formula is C11H10N2O4S2. The quantitative estimate of drug-likeness (QED) is 0.777. The summed E-state index contributed by atoms with van der Waals surface area (Å²) < 4.78 is 23.3. The molecule has 0 saturated heterocycles. The van der Waals surface area contributed by atoms with Gasteiger partial charge in [0.15, 0.2) is 5.06 Å². The van der Waals surface area contributed by atoms with Crippen molar-refractivity contribution in [3.8, 4) is 16.2 Å². The number of hydrogen-bond acceptors (Lipinski definition) is 5. The summed E-state index contributed by atoms with van der Waals surface area (Å²) in [5.74, 6) is -0.952. The predicted molar refractivity (Wildman–Crippen MR) is 71.3 cm³/mol. The topological polar surface area (TPSA) is 123 Å². The Kier molecular flexibility index (Phi) is 3.31. The van der Waals surface area contributed by atoms with E-state index in [9.17, 15) is 18.3 Å². The van der Waals surface area contributed by atoms with Crippen molar-refractivity contribution < 1.29 is 18.3 Å². The number of carbonyl (C=O) groups excluding carboxylic acids is 1. The number of carbonyl (C=O) groups is 1. The van der Waals surface area contributed by atoms with E-state index in [4.69, 9.17) is 10.9 Å². The summed E-state index contributed by atoms with van der Waals surface area (Å²) in [6.45, 7) is 0. The normalized spacial score (nSPS) is 11.4. The standard InChI is InChI=1S/C11H10N2O4S2/c12-10(14)8-9(19(13,16)17)7(11(15)18-8)6-4-2-1-3-5-6/h1-5,15H,(H2,12,14)(H2,13,16,17).